The van der Waals surface area contributed by atoms with Gasteiger partial charge in [0.25, 0.3) is 0 Å². The van der Waals surface area contributed by atoms with Gasteiger partial charge in [0.15, 0.2) is 0 Å². The van der Waals surface area contributed by atoms with Crippen molar-refractivity contribution < 1.29 is 0 Å². The van der Waals surface area contributed by atoms with Gasteiger partial charge in [0.05, 0.1) is 0 Å². The Morgan fingerprint density at radius 1 is 0.513 bits per heavy atom. The predicted octanol–water partition coefficient (Wildman–Crippen LogP) is 7.32. The second kappa shape index (κ2) is 8.76. The summed E-state index contributed by atoms with van der Waals surface area (Å²) in [5.41, 5.74) is 2.32. The van der Waals surface area contributed by atoms with Crippen molar-refractivity contribution in [2.45, 2.75) is 0 Å². The Hall–Kier alpha value is -4.00. The fourth-order valence-electron chi connectivity index (χ4n) is 6.04. The van der Waals surface area contributed by atoms with Gasteiger partial charge >= 0.3 is 235 Å². The van der Waals surface area contributed by atoms with Crippen LogP contribution in [-0.2, 0) is 0 Å². The minimum atomic E-state index is -2.03. The molecular weight excluding hydrogens is 558 g/mol. The standard InChI is InChI=1S/C35H23N2PSe/c39-38(25-13-3-1-4-14-25,26-15-5-2-6-16-26)34-21-11-12-24-22-30-29(23-28(24)34)27-17-7-9-19-32(27)37-33-20-10-8-18-31(33)36-35(30)37/h1-23H. The SMILES string of the molecule is [Se]=P(c1ccccc1)(c1ccccc1)c1cccc2cc3c(cc12)c1ccccc1n1c2ccccc2nc31. The number of hydrogen-bond acceptors (Lipinski definition) is 1. The number of hydrogen-bond donors (Lipinski definition) is 0. The molecule has 0 aliphatic rings. The molecule has 0 aliphatic heterocycles. The van der Waals surface area contributed by atoms with Crippen LogP contribution < -0.4 is 15.9 Å². The molecular formula is C35H23N2PSe. The van der Waals surface area contributed by atoms with Crippen molar-refractivity contribution in [1.82, 2.24) is 9.38 Å². The van der Waals surface area contributed by atoms with E-state index in [0.717, 1.165) is 16.7 Å². The molecule has 8 aromatic rings. The van der Waals surface area contributed by atoms with Crippen molar-refractivity contribution in [1.29, 1.82) is 0 Å². The van der Waals surface area contributed by atoms with Gasteiger partial charge < -0.3 is 0 Å². The van der Waals surface area contributed by atoms with Crippen LogP contribution in [0, 0.1) is 0 Å². The van der Waals surface area contributed by atoms with E-state index >= 15 is 0 Å². The van der Waals surface area contributed by atoms with Gasteiger partial charge in [0, 0.05) is 0 Å². The molecule has 0 N–H and O–H groups in total. The van der Waals surface area contributed by atoms with Crippen molar-refractivity contribution in [3.8, 4) is 0 Å². The van der Waals surface area contributed by atoms with Crippen LogP contribution in [0.4, 0.5) is 0 Å². The van der Waals surface area contributed by atoms with Gasteiger partial charge in [0.1, 0.15) is 0 Å². The van der Waals surface area contributed by atoms with Gasteiger partial charge in [-0.15, -0.1) is 0 Å². The van der Waals surface area contributed by atoms with E-state index in [1.807, 2.05) is 0 Å². The second-order valence-electron chi connectivity index (χ2n) is 9.95. The van der Waals surface area contributed by atoms with E-state index in [4.69, 9.17) is 4.98 Å². The summed E-state index contributed by atoms with van der Waals surface area (Å²) in [7, 11) is 0. The van der Waals surface area contributed by atoms with Crippen LogP contribution in [-0.4, -0.2) is 24.5 Å². The van der Waals surface area contributed by atoms with E-state index in [0.29, 0.717) is 0 Å². The van der Waals surface area contributed by atoms with E-state index in [-0.39, 0.29) is 0 Å². The summed E-state index contributed by atoms with van der Waals surface area (Å²) < 4.78 is 2.32. The van der Waals surface area contributed by atoms with Crippen LogP contribution in [0.25, 0.3) is 49.1 Å². The fraction of sp³-hybridized carbons (Fsp3) is 0. The number of fused-ring (bicyclic) bond motifs is 9. The van der Waals surface area contributed by atoms with Crippen molar-refractivity contribution in [2.24, 2.45) is 0 Å². The second-order valence-corrected chi connectivity index (χ2v) is 16.1. The quantitative estimate of drug-likeness (QED) is 0.0925. The van der Waals surface area contributed by atoms with Gasteiger partial charge in [-0.3, -0.25) is 0 Å². The summed E-state index contributed by atoms with van der Waals surface area (Å²) in [6.45, 7) is 0. The van der Waals surface area contributed by atoms with Crippen molar-refractivity contribution >= 4 is 85.6 Å². The zero-order chi connectivity index (χ0) is 26.0. The summed E-state index contributed by atoms with van der Waals surface area (Å²) in [4.78, 5) is 5.13. The molecule has 0 saturated carbocycles. The molecule has 2 heterocycles. The molecule has 0 amide bonds. The first-order valence-corrected chi connectivity index (χ1v) is 17.1. The Kier molecular flexibility index (Phi) is 5.15. The molecule has 39 heavy (non-hydrogen) atoms. The zero-order valence-electron chi connectivity index (χ0n) is 21.0. The third kappa shape index (κ3) is 3.35. The maximum absolute atomic E-state index is 5.13. The summed E-state index contributed by atoms with van der Waals surface area (Å²) in [6.07, 6.45) is 0. The summed E-state index contributed by atoms with van der Waals surface area (Å²) in [5.74, 6) is 0. The molecule has 2 nitrogen and oxygen atoms in total. The molecule has 0 fully saturated rings. The van der Waals surface area contributed by atoms with Gasteiger partial charge in [0.2, 0.25) is 0 Å². The molecule has 0 unspecified atom stereocenters. The molecule has 0 saturated heterocycles. The van der Waals surface area contributed by atoms with Crippen molar-refractivity contribution in [3.63, 3.8) is 0 Å². The Morgan fingerprint density at radius 3 is 1.90 bits per heavy atom. The number of benzene rings is 6. The topological polar surface area (TPSA) is 17.3 Å². The van der Waals surface area contributed by atoms with E-state index < -0.39 is 5.51 Å². The van der Waals surface area contributed by atoms with Crippen LogP contribution in [0.3, 0.4) is 0 Å². The normalized spacial score (nSPS) is 12.2. The number of aromatic nitrogens is 2. The summed E-state index contributed by atoms with van der Waals surface area (Å²) in [5, 5.41) is 10.2. The van der Waals surface area contributed by atoms with Crippen LogP contribution in [0.1, 0.15) is 0 Å². The average Bonchev–Trinajstić information content (AvgIpc) is 3.41. The zero-order valence-corrected chi connectivity index (χ0v) is 23.6. The van der Waals surface area contributed by atoms with E-state index in [2.05, 4.69) is 159 Å². The number of pyridine rings is 1. The number of imidazole rings is 1. The minimum absolute atomic E-state index is 1.01. The third-order valence-corrected chi connectivity index (χ3v) is 14.8. The first-order chi connectivity index (χ1) is 19.2. The van der Waals surface area contributed by atoms with E-state index in [1.165, 1.54) is 48.4 Å². The Labute approximate surface area is 233 Å². The fourth-order valence-corrected chi connectivity index (χ4v) is 11.4. The van der Waals surface area contributed by atoms with Gasteiger partial charge in [-0.1, -0.05) is 0 Å². The predicted molar refractivity (Wildman–Crippen MR) is 170 cm³/mol. The van der Waals surface area contributed by atoms with Crippen LogP contribution in [0.5, 0.6) is 0 Å². The third-order valence-electron chi connectivity index (χ3n) is 7.81. The van der Waals surface area contributed by atoms with Crippen LogP contribution in [0.2, 0.25) is 0 Å². The molecule has 184 valence electrons. The molecule has 0 radical (unpaired) electrons. The van der Waals surface area contributed by atoms with Crippen molar-refractivity contribution in [2.75, 3.05) is 0 Å². The molecule has 2 aromatic heterocycles. The van der Waals surface area contributed by atoms with Gasteiger partial charge in [-0.05, 0) is 0 Å². The van der Waals surface area contributed by atoms with Crippen LogP contribution in [0.15, 0.2) is 140 Å². The molecule has 0 atom stereocenters. The van der Waals surface area contributed by atoms with Gasteiger partial charge in [-0.25, -0.2) is 0 Å². The molecule has 0 bridgehead atoms. The van der Waals surface area contributed by atoms with E-state index in [9.17, 15) is 0 Å². The number of nitrogens with zero attached hydrogens (tertiary/aromatic N) is 2. The summed E-state index contributed by atoms with van der Waals surface area (Å²) in [6, 6.07) is 50.6. The summed E-state index contributed by atoms with van der Waals surface area (Å²) >= 11 is 3.76. The Bertz CT molecular complexity index is 2210. The Balaban J connectivity index is 1.54. The number of rotatable bonds is 3. The maximum atomic E-state index is 5.13. The van der Waals surface area contributed by atoms with Gasteiger partial charge in [-0.2, -0.15) is 0 Å². The monoisotopic (exact) mass is 582 g/mol. The van der Waals surface area contributed by atoms with Crippen LogP contribution >= 0.6 is 5.51 Å². The number of para-hydroxylation sites is 3. The van der Waals surface area contributed by atoms with E-state index in [1.54, 1.807) is 0 Å². The molecule has 0 aliphatic carbocycles. The molecule has 8 rings (SSSR count). The molecule has 0 spiro atoms. The Morgan fingerprint density at radius 2 is 1.15 bits per heavy atom. The van der Waals surface area contributed by atoms with Crippen molar-refractivity contribution in [3.05, 3.63) is 140 Å². The molecule has 4 heteroatoms. The molecule has 6 aromatic carbocycles. The first kappa shape index (κ1) is 22.9. The first-order valence-electron chi connectivity index (χ1n) is 13.1. The average molecular weight is 582 g/mol.